The van der Waals surface area contributed by atoms with E-state index in [0.717, 1.165) is 54.2 Å². The number of aromatic nitrogens is 5. The Morgan fingerprint density at radius 3 is 2.93 bits per heavy atom. The molecule has 1 aliphatic heterocycles. The molecule has 8 heteroatoms. The summed E-state index contributed by atoms with van der Waals surface area (Å²) in [6.45, 7) is 4.35. The van der Waals surface area contributed by atoms with Gasteiger partial charge in [-0.15, -0.1) is 0 Å². The summed E-state index contributed by atoms with van der Waals surface area (Å²) in [5.41, 5.74) is 2.23. The Bertz CT molecular complexity index is 1140. The minimum absolute atomic E-state index is 0.0778. The molecule has 1 saturated carbocycles. The third-order valence-corrected chi connectivity index (χ3v) is 6.75. The SMILES string of the molecule is C[C@@]1(C(=O)N2CCN(c3ncnc4[nH]ccc34)CC23CC3)C=Cc2[nH]cnc2C1. The van der Waals surface area contributed by atoms with Crippen molar-refractivity contribution in [1.29, 1.82) is 0 Å². The molecule has 2 aliphatic carbocycles. The number of piperazine rings is 1. The van der Waals surface area contributed by atoms with E-state index in [1.165, 1.54) is 0 Å². The molecule has 1 amide bonds. The van der Waals surface area contributed by atoms with Crippen LogP contribution in [0.5, 0.6) is 0 Å². The van der Waals surface area contributed by atoms with Gasteiger partial charge in [0, 0.05) is 32.3 Å². The van der Waals surface area contributed by atoms with Crippen LogP contribution in [0.1, 0.15) is 31.2 Å². The van der Waals surface area contributed by atoms with Gasteiger partial charge in [0.1, 0.15) is 17.8 Å². The number of fused-ring (bicyclic) bond motifs is 2. The molecule has 4 heterocycles. The van der Waals surface area contributed by atoms with Gasteiger partial charge in [-0.05, 0) is 31.9 Å². The zero-order valence-electron chi connectivity index (χ0n) is 16.4. The third kappa shape index (κ3) is 2.44. The van der Waals surface area contributed by atoms with E-state index in [4.69, 9.17) is 0 Å². The fourth-order valence-electron chi connectivity index (χ4n) is 4.91. The minimum atomic E-state index is -0.539. The minimum Gasteiger partial charge on any atom is -0.352 e. The standard InChI is InChI=1S/C21H23N7O/c1-20(4-2-15-16(10-20)24-12-23-15)19(29)28-9-8-27(11-21(28)5-6-21)18-14-3-7-22-17(14)25-13-26-18/h2-4,7,12-13H,5-6,8-11H2,1H3,(H,23,24)(H,22,25,26)/t20-/m1/s1. The van der Waals surface area contributed by atoms with Crippen molar-refractivity contribution in [3.05, 3.63) is 42.4 Å². The lowest BCUT2D eigenvalue weighted by Crippen LogP contribution is -2.60. The summed E-state index contributed by atoms with van der Waals surface area (Å²) < 4.78 is 0. The molecule has 3 aliphatic rings. The molecule has 8 nitrogen and oxygen atoms in total. The van der Waals surface area contributed by atoms with E-state index < -0.39 is 5.41 Å². The van der Waals surface area contributed by atoms with Crippen molar-refractivity contribution in [2.75, 3.05) is 24.5 Å². The Morgan fingerprint density at radius 1 is 1.17 bits per heavy atom. The predicted octanol–water partition coefficient (Wildman–Crippen LogP) is 2.14. The topological polar surface area (TPSA) is 93.8 Å². The second-order valence-corrected chi connectivity index (χ2v) is 8.73. The molecule has 148 valence electrons. The number of aromatic amines is 2. The van der Waals surface area contributed by atoms with Gasteiger partial charge in [0.2, 0.25) is 5.91 Å². The molecule has 0 aromatic carbocycles. The molecule has 2 fully saturated rings. The van der Waals surface area contributed by atoms with Crippen molar-refractivity contribution in [2.45, 2.75) is 31.7 Å². The summed E-state index contributed by atoms with van der Waals surface area (Å²) >= 11 is 0. The van der Waals surface area contributed by atoms with Gasteiger partial charge in [0.25, 0.3) is 0 Å². The van der Waals surface area contributed by atoms with E-state index in [1.807, 2.05) is 31.3 Å². The van der Waals surface area contributed by atoms with Crippen molar-refractivity contribution < 1.29 is 4.79 Å². The van der Waals surface area contributed by atoms with Crippen LogP contribution < -0.4 is 4.90 Å². The predicted molar refractivity (Wildman–Crippen MR) is 109 cm³/mol. The number of rotatable bonds is 2. The average Bonchev–Trinajstić information content (AvgIpc) is 3.14. The lowest BCUT2D eigenvalue weighted by atomic mass is 9.79. The fraction of sp³-hybridized carbons (Fsp3) is 0.429. The lowest BCUT2D eigenvalue weighted by Gasteiger charge is -2.46. The Labute approximate surface area is 168 Å². The number of nitrogens with one attached hydrogen (secondary N) is 2. The molecule has 29 heavy (non-hydrogen) atoms. The van der Waals surface area contributed by atoms with E-state index in [-0.39, 0.29) is 11.4 Å². The van der Waals surface area contributed by atoms with Crippen LogP contribution in [0.15, 0.2) is 31.0 Å². The van der Waals surface area contributed by atoms with Crippen molar-refractivity contribution >= 4 is 28.8 Å². The van der Waals surface area contributed by atoms with E-state index in [9.17, 15) is 4.79 Å². The summed E-state index contributed by atoms with van der Waals surface area (Å²) in [7, 11) is 0. The maximum Gasteiger partial charge on any atom is 0.233 e. The first-order valence-corrected chi connectivity index (χ1v) is 10.1. The molecule has 3 aromatic rings. The van der Waals surface area contributed by atoms with Gasteiger partial charge in [0.15, 0.2) is 0 Å². The molecule has 0 bridgehead atoms. The molecule has 1 saturated heterocycles. The molecular formula is C21H23N7O. The molecule has 6 rings (SSSR count). The second kappa shape index (κ2) is 5.68. The Kier molecular flexibility index (Phi) is 3.29. The molecule has 1 atom stereocenters. The zero-order chi connectivity index (χ0) is 19.6. The van der Waals surface area contributed by atoms with Crippen LogP contribution >= 0.6 is 0 Å². The van der Waals surface area contributed by atoms with Crippen molar-refractivity contribution in [3.63, 3.8) is 0 Å². The number of amides is 1. The van der Waals surface area contributed by atoms with E-state index in [0.29, 0.717) is 13.0 Å². The van der Waals surface area contributed by atoms with Crippen LogP contribution in [-0.2, 0) is 11.2 Å². The highest BCUT2D eigenvalue weighted by Crippen LogP contribution is 2.48. The Hall–Kier alpha value is -3.16. The number of anilines is 1. The summed E-state index contributed by atoms with van der Waals surface area (Å²) in [6, 6.07) is 2.02. The molecule has 3 aromatic heterocycles. The number of nitrogens with zero attached hydrogens (tertiary/aromatic N) is 5. The second-order valence-electron chi connectivity index (χ2n) is 8.73. The van der Waals surface area contributed by atoms with E-state index in [1.54, 1.807) is 12.7 Å². The summed E-state index contributed by atoms with van der Waals surface area (Å²) in [5, 5.41) is 1.04. The van der Waals surface area contributed by atoms with Gasteiger partial charge < -0.3 is 19.8 Å². The van der Waals surface area contributed by atoms with Gasteiger partial charge >= 0.3 is 0 Å². The molecule has 1 spiro atoms. The fourth-order valence-corrected chi connectivity index (χ4v) is 4.91. The Balaban J connectivity index is 1.27. The van der Waals surface area contributed by atoms with Crippen molar-refractivity contribution in [2.24, 2.45) is 5.41 Å². The van der Waals surface area contributed by atoms with Crippen LogP contribution in [-0.4, -0.2) is 60.9 Å². The number of carbonyl (C=O) groups excluding carboxylic acids is 1. The maximum atomic E-state index is 13.7. The number of carbonyl (C=O) groups is 1. The summed E-state index contributed by atoms with van der Waals surface area (Å²) in [4.78, 5) is 37.7. The summed E-state index contributed by atoms with van der Waals surface area (Å²) in [5.74, 6) is 1.17. The quantitative estimate of drug-likeness (QED) is 0.700. The third-order valence-electron chi connectivity index (χ3n) is 6.75. The van der Waals surface area contributed by atoms with Crippen LogP contribution in [0.3, 0.4) is 0 Å². The number of H-pyrrole nitrogens is 2. The maximum absolute atomic E-state index is 13.7. The highest BCUT2D eigenvalue weighted by atomic mass is 16.2. The summed E-state index contributed by atoms with van der Waals surface area (Å²) in [6.07, 6.45) is 12.0. The number of hydrogen-bond acceptors (Lipinski definition) is 5. The van der Waals surface area contributed by atoms with Crippen LogP contribution in [0.2, 0.25) is 0 Å². The van der Waals surface area contributed by atoms with E-state index >= 15 is 0 Å². The highest BCUT2D eigenvalue weighted by Gasteiger charge is 2.56. The van der Waals surface area contributed by atoms with Gasteiger partial charge in [-0.2, -0.15) is 0 Å². The van der Waals surface area contributed by atoms with Crippen molar-refractivity contribution in [1.82, 2.24) is 29.8 Å². The Morgan fingerprint density at radius 2 is 2.07 bits per heavy atom. The van der Waals surface area contributed by atoms with Gasteiger partial charge in [-0.25, -0.2) is 15.0 Å². The first-order chi connectivity index (χ1) is 14.1. The molecule has 0 unspecified atom stereocenters. The first kappa shape index (κ1) is 16.8. The van der Waals surface area contributed by atoms with E-state index in [2.05, 4.69) is 34.7 Å². The normalized spacial score (nSPS) is 24.9. The van der Waals surface area contributed by atoms with Gasteiger partial charge in [0.05, 0.1) is 34.1 Å². The molecular weight excluding hydrogens is 366 g/mol. The largest absolute Gasteiger partial charge is 0.352 e. The van der Waals surface area contributed by atoms with Gasteiger partial charge in [-0.3, -0.25) is 4.79 Å². The smallest absolute Gasteiger partial charge is 0.233 e. The van der Waals surface area contributed by atoms with Gasteiger partial charge in [-0.1, -0.05) is 6.08 Å². The monoisotopic (exact) mass is 389 g/mol. The first-order valence-electron chi connectivity index (χ1n) is 10.1. The lowest BCUT2D eigenvalue weighted by molar-refractivity contribution is -0.142. The molecule has 0 radical (unpaired) electrons. The highest BCUT2D eigenvalue weighted by molar-refractivity contribution is 5.89. The number of hydrogen-bond donors (Lipinski definition) is 2. The van der Waals surface area contributed by atoms with Crippen LogP contribution in [0.4, 0.5) is 5.82 Å². The number of imidazole rings is 1. The molecule has 2 N–H and O–H groups in total. The van der Waals surface area contributed by atoms with Crippen LogP contribution in [0.25, 0.3) is 17.1 Å². The average molecular weight is 389 g/mol. The van der Waals surface area contributed by atoms with Crippen molar-refractivity contribution in [3.8, 4) is 0 Å². The van der Waals surface area contributed by atoms with Crippen LogP contribution in [0, 0.1) is 5.41 Å². The zero-order valence-corrected chi connectivity index (χ0v) is 16.4.